The van der Waals surface area contributed by atoms with Crippen LogP contribution in [0.25, 0.3) is 0 Å². The van der Waals surface area contributed by atoms with Crippen LogP contribution in [0, 0.1) is 5.82 Å². The zero-order chi connectivity index (χ0) is 15.8. The first-order valence-corrected chi connectivity index (χ1v) is 8.32. The molecule has 0 aromatic heterocycles. The van der Waals surface area contributed by atoms with Gasteiger partial charge >= 0.3 is 0 Å². The van der Waals surface area contributed by atoms with Crippen molar-refractivity contribution in [1.29, 1.82) is 0 Å². The average Bonchev–Trinajstić information content (AvgIpc) is 2.35. The molecule has 0 bridgehead atoms. The summed E-state index contributed by atoms with van der Waals surface area (Å²) in [5.41, 5.74) is 5.63. The zero-order valence-electron chi connectivity index (χ0n) is 12.6. The van der Waals surface area contributed by atoms with Crippen molar-refractivity contribution in [2.45, 2.75) is 29.7 Å². The third-order valence-electron chi connectivity index (χ3n) is 4.41. The molecule has 0 aliphatic heterocycles. The van der Waals surface area contributed by atoms with E-state index in [9.17, 15) is 12.8 Å². The second-order valence-electron chi connectivity index (χ2n) is 5.92. The van der Waals surface area contributed by atoms with Crippen molar-refractivity contribution in [3.63, 3.8) is 0 Å². The van der Waals surface area contributed by atoms with Gasteiger partial charge in [-0.25, -0.2) is 12.8 Å². The minimum Gasteiger partial charge on any atom is -0.398 e. The Balaban J connectivity index is 2.29. The summed E-state index contributed by atoms with van der Waals surface area (Å²) < 4.78 is 39.8. The lowest BCUT2D eigenvalue weighted by atomic mass is 9.75. The number of benzene rings is 1. The predicted octanol–water partition coefficient (Wildman–Crippen LogP) is 1.51. The van der Waals surface area contributed by atoms with Gasteiger partial charge in [0.1, 0.15) is 10.7 Å². The molecule has 1 aromatic rings. The van der Waals surface area contributed by atoms with Crippen LogP contribution in [0.2, 0.25) is 0 Å². The number of likely N-dealkylation sites (N-methyl/N-ethyl adjacent to an activating group) is 2. The van der Waals surface area contributed by atoms with E-state index in [0.29, 0.717) is 6.54 Å². The molecule has 2 rings (SSSR count). The highest BCUT2D eigenvalue weighted by Crippen LogP contribution is 2.37. The number of rotatable bonds is 5. The lowest BCUT2D eigenvalue weighted by molar-refractivity contribution is 0.0455. The summed E-state index contributed by atoms with van der Waals surface area (Å²) in [5.74, 6) is -0.609. The van der Waals surface area contributed by atoms with Crippen molar-refractivity contribution in [3.05, 3.63) is 24.0 Å². The Morgan fingerprint density at radius 3 is 2.38 bits per heavy atom. The highest BCUT2D eigenvalue weighted by atomic mass is 32.2. The van der Waals surface area contributed by atoms with Crippen molar-refractivity contribution in [3.8, 4) is 0 Å². The van der Waals surface area contributed by atoms with Gasteiger partial charge < -0.3 is 10.6 Å². The quantitative estimate of drug-likeness (QED) is 0.837. The minimum absolute atomic E-state index is 0.0655. The molecule has 5 nitrogen and oxygen atoms in total. The first kappa shape index (κ1) is 16.2. The van der Waals surface area contributed by atoms with Gasteiger partial charge in [0, 0.05) is 19.1 Å². The van der Waals surface area contributed by atoms with Gasteiger partial charge in [0.05, 0.1) is 5.69 Å². The van der Waals surface area contributed by atoms with E-state index in [1.165, 1.54) is 17.4 Å². The number of nitrogens with two attached hydrogens (primary N) is 1. The first-order valence-electron chi connectivity index (χ1n) is 6.88. The normalized spacial score (nSPS) is 18.0. The van der Waals surface area contributed by atoms with Crippen molar-refractivity contribution in [2.24, 2.45) is 0 Å². The summed E-state index contributed by atoms with van der Waals surface area (Å²) in [6.07, 6.45) is 3.01. The molecule has 7 heteroatoms. The van der Waals surface area contributed by atoms with Gasteiger partial charge in [-0.3, -0.25) is 0 Å². The molecular formula is C14H22FN3O2S. The molecule has 1 fully saturated rings. The van der Waals surface area contributed by atoms with E-state index >= 15 is 0 Å². The van der Waals surface area contributed by atoms with Crippen LogP contribution in [-0.4, -0.2) is 50.8 Å². The summed E-state index contributed by atoms with van der Waals surface area (Å²) in [5, 5.41) is 0. The van der Waals surface area contributed by atoms with Crippen molar-refractivity contribution >= 4 is 15.7 Å². The van der Waals surface area contributed by atoms with Crippen LogP contribution >= 0.6 is 0 Å². The monoisotopic (exact) mass is 315 g/mol. The number of anilines is 1. The smallest absolute Gasteiger partial charge is 0.245 e. The highest BCUT2D eigenvalue weighted by Gasteiger charge is 2.42. The number of hydrogen-bond acceptors (Lipinski definition) is 4. The maximum Gasteiger partial charge on any atom is 0.245 e. The van der Waals surface area contributed by atoms with E-state index in [1.807, 2.05) is 14.1 Å². The van der Waals surface area contributed by atoms with Crippen LogP contribution in [-0.2, 0) is 10.0 Å². The Morgan fingerprint density at radius 1 is 1.29 bits per heavy atom. The molecule has 2 N–H and O–H groups in total. The molecule has 0 radical (unpaired) electrons. The third kappa shape index (κ3) is 2.90. The summed E-state index contributed by atoms with van der Waals surface area (Å²) in [6.45, 7) is 0.373. The van der Waals surface area contributed by atoms with Crippen LogP contribution < -0.4 is 5.73 Å². The van der Waals surface area contributed by atoms with Crippen LogP contribution in [0.15, 0.2) is 23.1 Å². The molecule has 1 aliphatic carbocycles. The number of sulfonamides is 1. The number of halogens is 1. The Bertz CT molecular complexity index is 627. The number of nitrogen functional groups attached to an aromatic ring is 1. The van der Waals surface area contributed by atoms with Crippen LogP contribution in [0.3, 0.4) is 0 Å². The molecule has 0 unspecified atom stereocenters. The summed E-state index contributed by atoms with van der Waals surface area (Å²) in [7, 11) is 1.63. The first-order chi connectivity index (χ1) is 9.69. The third-order valence-corrected chi connectivity index (χ3v) is 6.27. The summed E-state index contributed by atoms with van der Waals surface area (Å²) >= 11 is 0. The SMILES string of the molecule is CN(C)C1(CN(C)S(=O)(=O)c2cc(F)ccc2N)CCC1. The van der Waals surface area contributed by atoms with Gasteiger partial charge in [0.15, 0.2) is 0 Å². The maximum atomic E-state index is 13.3. The highest BCUT2D eigenvalue weighted by molar-refractivity contribution is 7.89. The molecule has 21 heavy (non-hydrogen) atoms. The molecule has 0 amide bonds. The van der Waals surface area contributed by atoms with E-state index < -0.39 is 15.8 Å². The van der Waals surface area contributed by atoms with E-state index in [2.05, 4.69) is 4.90 Å². The fraction of sp³-hybridized carbons (Fsp3) is 0.571. The Kier molecular flexibility index (Phi) is 4.28. The fourth-order valence-electron chi connectivity index (χ4n) is 2.73. The number of hydrogen-bond donors (Lipinski definition) is 1. The molecule has 1 saturated carbocycles. The standard InChI is InChI=1S/C14H22FN3O2S/c1-17(2)14(7-4-8-14)10-18(3)21(19,20)13-9-11(15)5-6-12(13)16/h5-6,9H,4,7-8,10,16H2,1-3H3. The molecule has 0 saturated heterocycles. The Labute approximate surface area is 125 Å². The average molecular weight is 315 g/mol. The lowest BCUT2D eigenvalue weighted by Gasteiger charge is -2.48. The van der Waals surface area contributed by atoms with Gasteiger partial charge in [0.25, 0.3) is 0 Å². The van der Waals surface area contributed by atoms with E-state index in [1.54, 1.807) is 0 Å². The van der Waals surface area contributed by atoms with Crippen LogP contribution in [0.5, 0.6) is 0 Å². The van der Waals surface area contributed by atoms with Gasteiger partial charge in [-0.1, -0.05) is 0 Å². The zero-order valence-corrected chi connectivity index (χ0v) is 13.5. The van der Waals surface area contributed by atoms with E-state index in [-0.39, 0.29) is 16.1 Å². The van der Waals surface area contributed by atoms with Crippen molar-refractivity contribution < 1.29 is 12.8 Å². The molecule has 118 valence electrons. The van der Waals surface area contributed by atoms with Crippen LogP contribution in [0.1, 0.15) is 19.3 Å². The minimum atomic E-state index is -3.79. The molecule has 0 heterocycles. The lowest BCUT2D eigenvalue weighted by Crippen LogP contribution is -2.57. The van der Waals surface area contributed by atoms with Crippen molar-refractivity contribution in [2.75, 3.05) is 33.4 Å². The fourth-order valence-corrected chi connectivity index (χ4v) is 4.10. The molecular weight excluding hydrogens is 293 g/mol. The molecule has 0 spiro atoms. The largest absolute Gasteiger partial charge is 0.398 e. The molecule has 1 aliphatic rings. The van der Waals surface area contributed by atoms with Crippen molar-refractivity contribution in [1.82, 2.24) is 9.21 Å². The maximum absolute atomic E-state index is 13.3. The molecule has 1 aromatic carbocycles. The van der Waals surface area contributed by atoms with Gasteiger partial charge in [-0.05, 0) is 51.6 Å². The van der Waals surface area contributed by atoms with Gasteiger partial charge in [-0.2, -0.15) is 4.31 Å². The molecule has 0 atom stereocenters. The summed E-state index contributed by atoms with van der Waals surface area (Å²) in [4.78, 5) is 1.90. The van der Waals surface area contributed by atoms with Gasteiger partial charge in [0.2, 0.25) is 10.0 Å². The van der Waals surface area contributed by atoms with Gasteiger partial charge in [-0.15, -0.1) is 0 Å². The Hall–Kier alpha value is -1.18. The van der Waals surface area contributed by atoms with E-state index in [0.717, 1.165) is 31.4 Å². The predicted molar refractivity (Wildman–Crippen MR) is 80.9 cm³/mol. The Morgan fingerprint density at radius 2 is 1.90 bits per heavy atom. The topological polar surface area (TPSA) is 66.6 Å². The number of nitrogens with zero attached hydrogens (tertiary/aromatic N) is 2. The summed E-state index contributed by atoms with van der Waals surface area (Å²) in [6, 6.07) is 3.41. The van der Waals surface area contributed by atoms with E-state index in [4.69, 9.17) is 5.73 Å². The van der Waals surface area contributed by atoms with Crippen LogP contribution in [0.4, 0.5) is 10.1 Å². The second-order valence-corrected chi connectivity index (χ2v) is 7.93. The second kappa shape index (κ2) is 5.55.